The summed E-state index contributed by atoms with van der Waals surface area (Å²) in [5.74, 6) is -0.960. The van der Waals surface area contributed by atoms with Gasteiger partial charge in [0.05, 0.1) is 47.9 Å². The SMILES string of the molecule is C[Si](C)(C)c1ccc(-c2[c-]c(N(c3[c-]c(-c4cc5c(cn4)oc4ccccc45)cc(F)c3)c3ccccc3-c3ccccc3)cc(F)c2)nc1.Cc1cc(-c2ccccc2)nn1-c1[c-]c(N(c2[c-]c(-c3cc4c5ccccc5n(C)c4cn3)ccc2)c2ccccc2)ccc1.Cc1cc(C)n(-c2[c-]c(N(c3[c-]c(-c4cc5c6ccccc6n(-c6ccccc6)c5cn4)ccc3)c3ccccc3)ccc2)n1.[Pt+2].[Pt+2].[Pt+2]. The van der Waals surface area contributed by atoms with Crippen molar-refractivity contribution in [2.75, 3.05) is 14.7 Å². The third kappa shape index (κ3) is 19.6. The zero-order valence-electron chi connectivity index (χ0n) is 78.7. The van der Waals surface area contributed by atoms with Gasteiger partial charge in [-0.25, -0.2) is 8.78 Å². The van der Waals surface area contributed by atoms with E-state index in [-0.39, 0.29) is 63.2 Å². The first kappa shape index (κ1) is 96.1. The minimum absolute atomic E-state index is 0. The van der Waals surface area contributed by atoms with Gasteiger partial charge >= 0.3 is 63.2 Å². The monoisotopic (exact) mass is 2410 g/mol. The van der Waals surface area contributed by atoms with Crippen molar-refractivity contribution in [3.63, 3.8) is 0 Å². The number of rotatable bonds is 19. The van der Waals surface area contributed by atoms with Gasteiger partial charge < -0.3 is 48.2 Å². The predicted molar refractivity (Wildman–Crippen MR) is 567 cm³/mol. The molecule has 9 aromatic heterocycles. The Labute approximate surface area is 872 Å². The number of pyridine rings is 4. The second-order valence-electron chi connectivity index (χ2n) is 35.6. The van der Waals surface area contributed by atoms with Crippen molar-refractivity contribution in [1.82, 2.24) is 48.6 Å². The van der Waals surface area contributed by atoms with Gasteiger partial charge in [-0.1, -0.05) is 262 Å². The van der Waals surface area contributed by atoms with Crippen LogP contribution < -0.4 is 19.9 Å². The van der Waals surface area contributed by atoms with Gasteiger partial charge in [0.2, 0.25) is 0 Å². The predicted octanol–water partition coefficient (Wildman–Crippen LogP) is 30.6. The number of hydrogen-bond acceptors (Lipinski definition) is 10. The van der Waals surface area contributed by atoms with Crippen LogP contribution in [0.4, 0.5) is 60.0 Å². The van der Waals surface area contributed by atoms with E-state index in [4.69, 9.17) is 29.6 Å². The van der Waals surface area contributed by atoms with Crippen molar-refractivity contribution < 1.29 is 76.4 Å². The van der Waals surface area contributed by atoms with Gasteiger partial charge in [-0.3, -0.25) is 9.36 Å². The van der Waals surface area contributed by atoms with Crippen LogP contribution in [0.3, 0.4) is 0 Å². The maximum atomic E-state index is 15.8. The number of benzene rings is 15. The van der Waals surface area contributed by atoms with Crippen molar-refractivity contribution in [2.24, 2.45) is 7.05 Å². The summed E-state index contributed by atoms with van der Waals surface area (Å²) in [5, 5.41) is 17.4. The summed E-state index contributed by atoms with van der Waals surface area (Å²) in [6, 6.07) is 150. The van der Waals surface area contributed by atoms with E-state index < -0.39 is 19.7 Å². The van der Waals surface area contributed by atoms with Crippen molar-refractivity contribution in [3.05, 3.63) is 478 Å². The van der Waals surface area contributed by atoms with Crippen LogP contribution in [0.5, 0.6) is 0 Å². The minimum atomic E-state index is -1.59. The number of aryl methyl sites for hydroxylation is 4. The van der Waals surface area contributed by atoms with Gasteiger partial charge in [0, 0.05) is 115 Å². The van der Waals surface area contributed by atoms with E-state index >= 15 is 8.78 Å². The maximum Gasteiger partial charge on any atom is 2.00 e. The van der Waals surface area contributed by atoms with Crippen molar-refractivity contribution in [3.8, 4) is 84.5 Å². The largest absolute Gasteiger partial charge is 2.00 e. The van der Waals surface area contributed by atoms with Gasteiger partial charge in [-0.15, -0.1) is 131 Å². The molecule has 0 aliphatic heterocycles. The molecule has 0 N–H and O–H groups in total. The van der Waals surface area contributed by atoms with Crippen LogP contribution in [0.15, 0.2) is 417 Å². The molecule has 15 aromatic carbocycles. The third-order valence-corrected chi connectivity index (χ3v) is 27.3. The second-order valence-corrected chi connectivity index (χ2v) is 40.6. The standard InChI is InChI=1S/C43H31F2N3OSi.2C40H29N5.3Pt/c1-50(2,3)35-17-18-39(46-26-35)29-19-31(44)23-33(21-29)48(41-15-9-7-13-36(41)28-11-5-4-6-12-28)34-22-30(20-32(45)24-34)40-25-38-37-14-8-10-16-42(37)49-43(38)27-47-40;1-28-23-29(2)45(42-28)35-20-12-19-34(25-35)43(31-14-5-3-6-15-31)33-18-11-13-30(24-33)38-26-37-36-21-9-10-22-39(36)44(40(37)27-41-38)32-16-7-4-8-17-32;1-28-23-38(29-13-5-3-6-14-29)42-45(28)34-20-12-19-33(25-34)44(31-16-7-4-8-17-31)32-18-11-15-30(24-32)37-26-36-35-21-9-10-22-39(35)43(2)40(36)27-41-37;;;/h4-20,23-27H,1-3H3;2*3-23,26-27H,1-2H3;;;/q3*-2;3*+2. The van der Waals surface area contributed by atoms with E-state index in [0.29, 0.717) is 45.2 Å². The first-order chi connectivity index (χ1) is 68.5. The molecule has 0 unspecified atom stereocenters. The molecule has 700 valence electrons. The number of hydrogen-bond donors (Lipinski definition) is 0. The Hall–Kier alpha value is -15.7. The Kier molecular flexibility index (Phi) is 28.0. The van der Waals surface area contributed by atoms with Gasteiger partial charge in [0.15, 0.2) is 5.58 Å². The molecule has 0 saturated carbocycles. The summed E-state index contributed by atoms with van der Waals surface area (Å²) in [6.07, 6.45) is 7.48. The molecule has 14 nitrogen and oxygen atoms in total. The first-order valence-electron chi connectivity index (χ1n) is 46.4. The summed E-state index contributed by atoms with van der Waals surface area (Å²) in [4.78, 5) is 25.4. The molecule has 0 radical (unpaired) electrons. The summed E-state index contributed by atoms with van der Waals surface area (Å²) < 4.78 is 45.9. The summed E-state index contributed by atoms with van der Waals surface area (Å²) in [6.45, 7) is 12.9. The number of halogens is 2. The zero-order valence-corrected chi connectivity index (χ0v) is 86.5. The number of nitrogens with zero attached hydrogens (tertiary/aromatic N) is 13. The fourth-order valence-corrected chi connectivity index (χ4v) is 19.5. The maximum absolute atomic E-state index is 15.8. The molecular weight excluding hydrogens is 2330 g/mol. The molecule has 0 fully saturated rings. The zero-order chi connectivity index (χ0) is 95.1. The van der Waals surface area contributed by atoms with Crippen molar-refractivity contribution in [2.45, 2.75) is 40.4 Å². The molecule has 0 atom stereocenters. The molecule has 24 rings (SSSR count). The van der Waals surface area contributed by atoms with Gasteiger partial charge in [0.1, 0.15) is 5.58 Å². The normalized spacial score (nSPS) is 11.2. The summed E-state index contributed by atoms with van der Waals surface area (Å²) in [5.41, 5.74) is 28.4. The second kappa shape index (κ2) is 41.6. The van der Waals surface area contributed by atoms with Crippen LogP contribution >= 0.6 is 0 Å². The molecule has 24 aromatic rings. The van der Waals surface area contributed by atoms with Gasteiger partial charge in [0.25, 0.3) is 0 Å². The molecule has 20 heteroatoms. The molecule has 0 aliphatic carbocycles. The van der Waals surface area contributed by atoms with Crippen LogP contribution in [0.1, 0.15) is 17.1 Å². The van der Waals surface area contributed by atoms with E-state index in [9.17, 15) is 0 Å². The third-order valence-electron chi connectivity index (χ3n) is 25.2. The number of anilines is 9. The Morgan fingerprint density at radius 3 is 1.33 bits per heavy atom. The van der Waals surface area contributed by atoms with Crippen molar-refractivity contribution >= 4 is 130 Å². The first-order valence-corrected chi connectivity index (χ1v) is 49.9. The Morgan fingerprint density at radius 1 is 0.308 bits per heavy atom. The van der Waals surface area contributed by atoms with Crippen LogP contribution in [0.25, 0.3) is 150 Å². The van der Waals surface area contributed by atoms with E-state index in [0.717, 1.165) is 151 Å². The molecule has 0 saturated heterocycles. The average molecular weight is 2420 g/mol. The Balaban J connectivity index is 0.000000135. The fourth-order valence-electron chi connectivity index (χ4n) is 18.5. The summed E-state index contributed by atoms with van der Waals surface area (Å²) in [7, 11) is 0.499. The fraction of sp³-hybridized carbons (Fsp3) is 0.0569. The van der Waals surface area contributed by atoms with Crippen LogP contribution in [0, 0.1) is 68.8 Å². The molecule has 143 heavy (non-hydrogen) atoms. The molecule has 9 heterocycles. The van der Waals surface area contributed by atoms with Gasteiger partial charge in [-0.2, -0.15) is 22.3 Å². The Bertz CT molecular complexity index is 8730. The quantitative estimate of drug-likeness (QED) is 0.0572. The molecule has 0 bridgehead atoms. The molecule has 0 spiro atoms. The smallest absolute Gasteiger partial charge is 0.455 e. The number of aromatic nitrogens is 10. The van der Waals surface area contributed by atoms with Crippen LogP contribution in [-0.4, -0.2) is 56.7 Å². The van der Waals surface area contributed by atoms with Gasteiger partial charge in [-0.05, 0) is 161 Å². The molecular formula is C123H89F2N13OPt3Si. The topological polar surface area (TPSA) is 120 Å². The van der Waals surface area contributed by atoms with E-state index in [2.05, 4.69) is 325 Å². The van der Waals surface area contributed by atoms with E-state index in [1.54, 1.807) is 11.1 Å². The molecule has 0 amide bonds. The molecule has 0 aliphatic rings. The van der Waals surface area contributed by atoms with E-state index in [1.165, 1.54) is 51.1 Å². The number of para-hydroxylation sites is 7. The minimum Gasteiger partial charge on any atom is -0.455 e. The van der Waals surface area contributed by atoms with Crippen LogP contribution in [-0.2, 0) is 70.2 Å². The number of fused-ring (bicyclic) bond motifs is 9. The average Bonchev–Trinajstić information content (AvgIpc) is 1.70. The number of furan rings is 1. The van der Waals surface area contributed by atoms with Crippen molar-refractivity contribution in [1.29, 1.82) is 0 Å². The van der Waals surface area contributed by atoms with Crippen LogP contribution in [0.2, 0.25) is 19.6 Å². The Morgan fingerprint density at radius 2 is 0.755 bits per heavy atom. The van der Waals surface area contributed by atoms with E-state index in [1.807, 2.05) is 174 Å². The summed E-state index contributed by atoms with van der Waals surface area (Å²) >= 11 is 0.